The van der Waals surface area contributed by atoms with Crippen molar-refractivity contribution in [2.45, 2.75) is 17.9 Å². The first kappa shape index (κ1) is 22.5. The molecular weight excluding hydrogens is 472 g/mol. The summed E-state index contributed by atoms with van der Waals surface area (Å²) in [6, 6.07) is 17.3. The molecule has 3 aromatic carbocycles. The van der Waals surface area contributed by atoms with Gasteiger partial charge in [0.2, 0.25) is 12.6 Å². The topological polar surface area (TPSA) is 124 Å². The van der Waals surface area contributed by atoms with Gasteiger partial charge in [-0.05, 0) is 43.3 Å². The fourth-order valence-corrected chi connectivity index (χ4v) is 4.84. The van der Waals surface area contributed by atoms with Crippen LogP contribution in [0.3, 0.4) is 0 Å². The Morgan fingerprint density at radius 1 is 1.00 bits per heavy atom. The summed E-state index contributed by atoms with van der Waals surface area (Å²) < 4.78 is 44.1. The van der Waals surface area contributed by atoms with Crippen molar-refractivity contribution in [2.75, 3.05) is 11.5 Å². The molecule has 0 radical (unpaired) electrons. The first-order chi connectivity index (χ1) is 16.8. The number of ether oxygens (including phenoxy) is 3. The molecule has 178 valence electrons. The first-order valence-corrected chi connectivity index (χ1v) is 12.1. The molecule has 0 amide bonds. The van der Waals surface area contributed by atoms with Gasteiger partial charge >= 0.3 is 5.97 Å². The van der Waals surface area contributed by atoms with Gasteiger partial charge in [-0.1, -0.05) is 24.3 Å². The van der Waals surface area contributed by atoms with Crippen molar-refractivity contribution in [1.82, 2.24) is 4.98 Å². The van der Waals surface area contributed by atoms with Crippen molar-refractivity contribution < 1.29 is 32.2 Å². The van der Waals surface area contributed by atoms with Gasteiger partial charge in [-0.25, -0.2) is 13.2 Å². The molecule has 1 aromatic heterocycles. The van der Waals surface area contributed by atoms with Gasteiger partial charge in [0.25, 0.3) is 10.0 Å². The number of carbonyl (C=O) groups excluding carboxylic acids is 2. The van der Waals surface area contributed by atoms with E-state index in [9.17, 15) is 18.0 Å². The molecule has 2 N–H and O–H groups in total. The lowest BCUT2D eigenvalue weighted by Gasteiger charge is -2.13. The maximum absolute atomic E-state index is 12.9. The minimum absolute atomic E-state index is 0.00265. The summed E-state index contributed by atoms with van der Waals surface area (Å²) in [7, 11) is -4.02. The lowest BCUT2D eigenvalue weighted by atomic mass is 10.1. The van der Waals surface area contributed by atoms with Crippen molar-refractivity contribution in [3.63, 3.8) is 0 Å². The summed E-state index contributed by atoms with van der Waals surface area (Å²) >= 11 is 0. The van der Waals surface area contributed by atoms with Gasteiger partial charge in [0, 0.05) is 28.7 Å². The Kier molecular flexibility index (Phi) is 5.65. The number of benzene rings is 3. The number of para-hydroxylation sites is 1. The number of anilines is 1. The molecule has 5 rings (SSSR count). The summed E-state index contributed by atoms with van der Waals surface area (Å²) in [5, 5.41) is 0.725. The van der Waals surface area contributed by atoms with Crippen LogP contribution in [0.4, 0.5) is 5.69 Å². The van der Waals surface area contributed by atoms with Gasteiger partial charge < -0.3 is 19.2 Å². The number of sulfonamides is 1. The number of carbonyl (C=O) groups is 2. The number of Topliss-reactive ketones (excluding diaryl/α,β-unsaturated/α-hetero) is 1. The number of fused-ring (bicyclic) bond motifs is 2. The second kappa shape index (κ2) is 8.80. The van der Waals surface area contributed by atoms with Crippen LogP contribution in [0, 0.1) is 0 Å². The first-order valence-electron chi connectivity index (χ1n) is 10.7. The van der Waals surface area contributed by atoms with Crippen molar-refractivity contribution in [2.24, 2.45) is 0 Å². The average molecular weight is 493 g/mol. The number of rotatable bonds is 7. The number of aromatic amines is 1. The van der Waals surface area contributed by atoms with Crippen LogP contribution in [0.25, 0.3) is 10.9 Å². The van der Waals surface area contributed by atoms with E-state index in [1.54, 1.807) is 24.4 Å². The van der Waals surface area contributed by atoms with E-state index in [0.717, 1.165) is 10.9 Å². The Labute approximate surface area is 200 Å². The highest BCUT2D eigenvalue weighted by atomic mass is 32.2. The fraction of sp³-hybridized carbons (Fsp3) is 0.120. The Balaban J connectivity index is 1.31. The van der Waals surface area contributed by atoms with Crippen molar-refractivity contribution in [1.29, 1.82) is 0 Å². The molecule has 9 nitrogen and oxygen atoms in total. The van der Waals surface area contributed by atoms with Crippen LogP contribution in [0.1, 0.15) is 27.6 Å². The minimum Gasteiger partial charge on any atom is -0.454 e. The van der Waals surface area contributed by atoms with Crippen LogP contribution in [-0.2, 0) is 14.8 Å². The number of ketones is 1. The molecule has 4 aromatic rings. The number of H-pyrrole nitrogens is 1. The molecule has 10 heteroatoms. The van der Waals surface area contributed by atoms with E-state index >= 15 is 0 Å². The zero-order valence-corrected chi connectivity index (χ0v) is 19.3. The monoisotopic (exact) mass is 492 g/mol. The van der Waals surface area contributed by atoms with E-state index < -0.39 is 22.1 Å². The molecule has 2 heterocycles. The third-order valence-electron chi connectivity index (χ3n) is 5.51. The lowest BCUT2D eigenvalue weighted by Crippen LogP contribution is -2.24. The summed E-state index contributed by atoms with van der Waals surface area (Å²) in [6.07, 6.45) is 0.500. The van der Waals surface area contributed by atoms with Gasteiger partial charge in [-0.3, -0.25) is 9.52 Å². The Morgan fingerprint density at radius 2 is 1.80 bits per heavy atom. The number of nitrogens with one attached hydrogen (secondary N) is 2. The molecule has 0 bridgehead atoms. The molecule has 1 aliphatic heterocycles. The molecule has 0 spiro atoms. The van der Waals surface area contributed by atoms with Crippen molar-refractivity contribution >= 4 is 38.4 Å². The number of hydrogen-bond acceptors (Lipinski definition) is 7. The lowest BCUT2D eigenvalue weighted by molar-refractivity contribution is 0.0319. The van der Waals surface area contributed by atoms with Crippen LogP contribution >= 0.6 is 0 Å². The Hall–Kier alpha value is -4.31. The van der Waals surface area contributed by atoms with E-state index in [1.807, 2.05) is 18.2 Å². The fourth-order valence-electron chi connectivity index (χ4n) is 3.74. The van der Waals surface area contributed by atoms with E-state index in [0.29, 0.717) is 17.1 Å². The molecule has 0 aliphatic carbocycles. The molecule has 0 saturated carbocycles. The summed E-state index contributed by atoms with van der Waals surface area (Å²) in [4.78, 5) is 28.5. The second-order valence-electron chi connectivity index (χ2n) is 7.86. The highest BCUT2D eigenvalue weighted by Gasteiger charge is 2.24. The van der Waals surface area contributed by atoms with Gasteiger partial charge in [-0.2, -0.15) is 0 Å². The molecule has 0 saturated heterocycles. The second-order valence-corrected chi connectivity index (χ2v) is 9.54. The predicted octanol–water partition coefficient (Wildman–Crippen LogP) is 4.13. The minimum atomic E-state index is -4.02. The van der Waals surface area contributed by atoms with Crippen molar-refractivity contribution in [3.05, 3.63) is 84.1 Å². The van der Waals surface area contributed by atoms with Crippen LogP contribution < -0.4 is 14.2 Å². The Morgan fingerprint density at radius 3 is 2.66 bits per heavy atom. The summed E-state index contributed by atoms with van der Waals surface area (Å²) in [5.74, 6) is -0.236. The van der Waals surface area contributed by atoms with Crippen LogP contribution in [0.15, 0.2) is 77.8 Å². The summed E-state index contributed by atoms with van der Waals surface area (Å²) in [6.45, 7) is 1.54. The van der Waals surface area contributed by atoms with Gasteiger partial charge in [-0.15, -0.1) is 0 Å². The zero-order valence-electron chi connectivity index (χ0n) is 18.5. The van der Waals surface area contributed by atoms with E-state index in [1.165, 1.54) is 37.3 Å². The third kappa shape index (κ3) is 4.43. The Bertz CT molecular complexity index is 1560. The van der Waals surface area contributed by atoms with Crippen LogP contribution in [0.5, 0.6) is 11.5 Å². The number of hydrogen-bond donors (Lipinski definition) is 2. The maximum Gasteiger partial charge on any atom is 0.338 e. The maximum atomic E-state index is 12.9. The van der Waals surface area contributed by atoms with E-state index in [2.05, 4.69) is 9.71 Å². The molecule has 1 atom stereocenters. The molecule has 1 aliphatic rings. The largest absolute Gasteiger partial charge is 0.454 e. The molecular formula is C25H20N2O7S. The molecule has 0 unspecified atom stereocenters. The standard InChI is InChI=1S/C25H20N2O7S/c1-15(24(28)20-13-26-21-8-3-2-7-19(20)21)34-25(29)16-5-4-6-18(11-16)35(30,31)27-17-9-10-22-23(12-17)33-14-32-22/h2-13,15,26-27H,14H2,1H3/t15-/m1/s1. The number of aromatic nitrogens is 1. The molecule has 35 heavy (non-hydrogen) atoms. The normalized spacial score (nSPS) is 13.4. The van der Waals surface area contributed by atoms with Crippen molar-refractivity contribution in [3.8, 4) is 11.5 Å². The van der Waals surface area contributed by atoms with E-state index in [4.69, 9.17) is 14.2 Å². The quantitative estimate of drug-likeness (QED) is 0.294. The number of esters is 1. The average Bonchev–Trinajstić information content (AvgIpc) is 3.50. The van der Waals surface area contributed by atoms with Gasteiger partial charge in [0.1, 0.15) is 0 Å². The molecule has 0 fully saturated rings. The van der Waals surface area contributed by atoms with E-state index in [-0.39, 0.29) is 28.7 Å². The van der Waals surface area contributed by atoms with Crippen LogP contribution in [0.2, 0.25) is 0 Å². The summed E-state index contributed by atoms with van der Waals surface area (Å²) in [5.41, 5.74) is 1.48. The highest BCUT2D eigenvalue weighted by Crippen LogP contribution is 2.35. The zero-order chi connectivity index (χ0) is 24.6. The van der Waals surface area contributed by atoms with Crippen LogP contribution in [-0.4, -0.2) is 38.1 Å². The highest BCUT2D eigenvalue weighted by molar-refractivity contribution is 7.92. The van der Waals surface area contributed by atoms with Gasteiger partial charge in [0.15, 0.2) is 17.6 Å². The SMILES string of the molecule is C[C@@H](OC(=O)c1cccc(S(=O)(=O)Nc2ccc3c(c2)OCO3)c1)C(=O)c1c[nH]c2ccccc12. The van der Waals surface area contributed by atoms with Gasteiger partial charge in [0.05, 0.1) is 16.1 Å². The third-order valence-corrected chi connectivity index (χ3v) is 6.89. The predicted molar refractivity (Wildman–Crippen MR) is 127 cm³/mol. The smallest absolute Gasteiger partial charge is 0.338 e.